The molecule has 0 unspecified atom stereocenters. The number of hydrogen-bond donors (Lipinski definition) is 2. The zero-order valence-electron chi connectivity index (χ0n) is 47.5. The third-order valence-corrected chi connectivity index (χ3v) is 12.2. The number of carboxylic acid groups (broad SMARTS) is 2. The molecular weight excluding hydrogens is 946 g/mol. The molecular formula is C60H82O10Zn. The van der Waals surface area contributed by atoms with Crippen molar-refractivity contribution in [3.05, 3.63) is 115 Å². The van der Waals surface area contributed by atoms with Crippen LogP contribution >= 0.6 is 0 Å². The number of phenols is 2. The fraction of sp³-hybridized carbons (Fsp3) is 0.533. The van der Waals surface area contributed by atoms with Crippen LogP contribution in [0.3, 0.4) is 0 Å². The second kappa shape index (κ2) is 20.8. The van der Waals surface area contributed by atoms with Crippen molar-refractivity contribution in [3.8, 4) is 23.0 Å². The van der Waals surface area contributed by atoms with Crippen LogP contribution in [0, 0.1) is 0 Å². The van der Waals surface area contributed by atoms with Crippen LogP contribution in [0.2, 0.25) is 0 Å². The molecule has 384 valence electrons. The van der Waals surface area contributed by atoms with Crippen LogP contribution in [0.4, 0.5) is 0 Å². The van der Waals surface area contributed by atoms with Gasteiger partial charge in [0.15, 0.2) is 0 Å². The van der Waals surface area contributed by atoms with Gasteiger partial charge in [0, 0.05) is 44.5 Å². The summed E-state index contributed by atoms with van der Waals surface area (Å²) in [5.74, 6) is -2.57. The molecule has 0 fully saturated rings. The Balaban J connectivity index is 0.000000480. The Bertz CT molecular complexity index is 2340. The van der Waals surface area contributed by atoms with E-state index in [1.807, 2.05) is 166 Å². The van der Waals surface area contributed by atoms with E-state index in [1.54, 1.807) is 24.3 Å². The molecule has 0 saturated carbocycles. The normalized spacial score (nSPS) is 12.8. The molecule has 2 N–H and O–H groups in total. The first-order valence-corrected chi connectivity index (χ1v) is 24.1. The maximum absolute atomic E-state index is 13.6. The molecule has 11 heteroatoms. The number of rotatable bonds is 6. The minimum absolute atomic E-state index is 0. The van der Waals surface area contributed by atoms with Crippen molar-refractivity contribution >= 4 is 23.9 Å². The van der Waals surface area contributed by atoms with Gasteiger partial charge in [-0.25, -0.2) is 9.59 Å². The molecule has 10 nitrogen and oxygen atoms in total. The summed E-state index contributed by atoms with van der Waals surface area (Å²) in [5, 5.41) is 45.6. The van der Waals surface area contributed by atoms with Gasteiger partial charge in [-0.3, -0.25) is 0 Å². The smallest absolute Gasteiger partial charge is 0.545 e. The number of aromatic hydroxyl groups is 2. The third kappa shape index (κ3) is 15.0. The summed E-state index contributed by atoms with van der Waals surface area (Å²) in [5.41, 5.74) is 2.30. The molecule has 0 radical (unpaired) electrons. The molecule has 0 spiro atoms. The predicted molar refractivity (Wildman–Crippen MR) is 277 cm³/mol. The van der Waals surface area contributed by atoms with Crippen LogP contribution in [-0.4, -0.2) is 34.1 Å². The summed E-state index contributed by atoms with van der Waals surface area (Å²) in [6.07, 6.45) is 0. The largest absolute Gasteiger partial charge is 2.00 e. The van der Waals surface area contributed by atoms with E-state index in [0.717, 1.165) is 0 Å². The van der Waals surface area contributed by atoms with E-state index in [9.17, 15) is 39.6 Å². The van der Waals surface area contributed by atoms with Gasteiger partial charge in [0.1, 0.15) is 23.0 Å². The number of carbonyl (C=O) groups is 4. The average Bonchev–Trinajstić information content (AvgIpc) is 3.14. The Morgan fingerprint density at radius 3 is 0.620 bits per heavy atom. The maximum atomic E-state index is 13.6. The van der Waals surface area contributed by atoms with E-state index in [2.05, 4.69) is 0 Å². The van der Waals surface area contributed by atoms with Crippen LogP contribution in [0.25, 0.3) is 0 Å². The fourth-order valence-corrected chi connectivity index (χ4v) is 8.04. The zero-order valence-corrected chi connectivity index (χ0v) is 50.5. The topological polar surface area (TPSA) is 173 Å². The number of carbonyl (C=O) groups excluding carboxylic acids is 4. The molecule has 0 amide bonds. The van der Waals surface area contributed by atoms with E-state index < -0.39 is 67.2 Å². The molecule has 0 aliphatic heterocycles. The first-order valence-electron chi connectivity index (χ1n) is 24.1. The van der Waals surface area contributed by atoms with Gasteiger partial charge in [-0.1, -0.05) is 166 Å². The van der Waals surface area contributed by atoms with Gasteiger partial charge in [0.25, 0.3) is 0 Å². The molecule has 4 aromatic rings. The van der Waals surface area contributed by atoms with Crippen molar-refractivity contribution in [2.75, 3.05) is 0 Å². The minimum atomic E-state index is -1.28. The molecule has 0 saturated heterocycles. The monoisotopic (exact) mass is 1030 g/mol. The van der Waals surface area contributed by atoms with Crippen LogP contribution in [0.5, 0.6) is 23.0 Å². The van der Waals surface area contributed by atoms with Gasteiger partial charge in [-0.15, -0.1) is 0 Å². The number of carboxylic acids is 2. The summed E-state index contributed by atoms with van der Waals surface area (Å²) in [6, 6.07) is 12.9. The second-order valence-corrected chi connectivity index (χ2v) is 27.0. The molecule has 0 aromatic heterocycles. The quantitative estimate of drug-likeness (QED) is 0.107. The molecule has 4 rings (SSSR count). The van der Waals surface area contributed by atoms with Crippen LogP contribution < -0.4 is 19.7 Å². The Morgan fingerprint density at radius 2 is 0.479 bits per heavy atom. The van der Waals surface area contributed by atoms with Crippen molar-refractivity contribution < 1.29 is 68.6 Å². The second-order valence-electron chi connectivity index (χ2n) is 27.0. The van der Waals surface area contributed by atoms with Crippen molar-refractivity contribution in [1.29, 1.82) is 0 Å². The Hall–Kier alpha value is -5.02. The van der Waals surface area contributed by atoms with E-state index in [-0.39, 0.29) is 42.1 Å². The first-order chi connectivity index (χ1) is 31.1. The van der Waals surface area contributed by atoms with E-state index in [1.165, 1.54) is 24.3 Å². The first kappa shape index (κ1) is 62.1. The number of benzene rings is 4. The summed E-state index contributed by atoms with van der Waals surface area (Å²) in [4.78, 5) is 50.8. The number of phenolic OH excluding ortho intramolecular Hbond substituents is 2. The molecule has 0 atom stereocenters. The molecule has 0 aliphatic carbocycles. The van der Waals surface area contributed by atoms with Gasteiger partial charge in [0.05, 0.1) is 23.1 Å². The van der Waals surface area contributed by atoms with Gasteiger partial charge in [-0.2, -0.15) is 0 Å². The Morgan fingerprint density at radius 1 is 0.324 bits per heavy atom. The van der Waals surface area contributed by atoms with Crippen molar-refractivity contribution in [1.82, 2.24) is 0 Å². The molecule has 0 bridgehead atoms. The minimum Gasteiger partial charge on any atom is -0.545 e. The van der Waals surface area contributed by atoms with Crippen molar-refractivity contribution in [2.24, 2.45) is 0 Å². The van der Waals surface area contributed by atoms with Gasteiger partial charge >= 0.3 is 31.4 Å². The maximum Gasteiger partial charge on any atom is 2.00 e. The van der Waals surface area contributed by atoms with Gasteiger partial charge < -0.3 is 39.5 Å². The predicted octanol–water partition coefficient (Wildman–Crippen LogP) is 12.3. The van der Waals surface area contributed by atoms with E-state index in [0.29, 0.717) is 67.1 Å². The Labute approximate surface area is 438 Å². The zero-order chi connectivity index (χ0) is 54.6. The van der Waals surface area contributed by atoms with Gasteiger partial charge in [0.2, 0.25) is 0 Å². The number of hydrogen-bond acceptors (Lipinski definition) is 10. The summed E-state index contributed by atoms with van der Waals surface area (Å²) >= 11 is 0. The number of aromatic carboxylic acids is 2. The number of ether oxygens (including phenoxy) is 2. The summed E-state index contributed by atoms with van der Waals surface area (Å²) < 4.78 is 12.2. The van der Waals surface area contributed by atoms with Crippen LogP contribution in [0.1, 0.15) is 252 Å². The molecule has 0 aliphatic rings. The van der Waals surface area contributed by atoms with E-state index >= 15 is 0 Å². The molecule has 71 heavy (non-hydrogen) atoms. The van der Waals surface area contributed by atoms with Gasteiger partial charge in [-0.05, 0) is 103 Å². The van der Waals surface area contributed by atoms with Crippen molar-refractivity contribution in [3.63, 3.8) is 0 Å². The fourth-order valence-electron chi connectivity index (χ4n) is 8.04. The molecule has 0 heterocycles. The summed E-state index contributed by atoms with van der Waals surface area (Å²) in [7, 11) is 0. The van der Waals surface area contributed by atoms with Crippen LogP contribution in [0.15, 0.2) is 48.5 Å². The summed E-state index contributed by atoms with van der Waals surface area (Å²) in [6.45, 7) is 47.2. The molecule has 4 aromatic carbocycles. The van der Waals surface area contributed by atoms with Crippen LogP contribution in [-0.2, 0) is 62.8 Å². The van der Waals surface area contributed by atoms with Crippen molar-refractivity contribution in [2.45, 2.75) is 209 Å². The third-order valence-electron chi connectivity index (χ3n) is 12.2. The Kier molecular flexibility index (Phi) is 18.2. The van der Waals surface area contributed by atoms with E-state index in [4.69, 9.17) is 9.47 Å². The number of esters is 2. The SMILES string of the molecule is CC(C)(C)c1cc(C(=O)Oc2c(C(C)(C)C)cc(C(=O)[O-])cc2C(C)(C)C)cc(C(C)(C)C)c1O.CC(C)(C)c1cc(C(=O)Oc2c(C(C)(C)C)cc(C(=O)[O-])cc2C(C)(C)C)cc(C(C)(C)C)c1O.[Zn+2]. The average molecular weight is 1030 g/mol. The standard InChI is InChI=1S/2C30H42O5.Zn/c2*1-27(2,3)19-15-18(16-20(23(19)31)28(4,5)6)26(34)35-24-21(29(7,8)9)13-17(25(32)33)14-22(24)30(10,11)12;/h2*13-16,31H,1-12H3,(H,32,33);/q;;+2/p-2.